The lowest BCUT2D eigenvalue weighted by atomic mass is 10.2. The number of amides is 2. The van der Waals surface area contributed by atoms with Crippen LogP contribution in [0.25, 0.3) is 6.08 Å². The van der Waals surface area contributed by atoms with E-state index in [2.05, 4.69) is 15.0 Å². The Morgan fingerprint density at radius 2 is 2.15 bits per heavy atom. The molecule has 106 valence electrons. The van der Waals surface area contributed by atoms with Gasteiger partial charge in [-0.1, -0.05) is 6.07 Å². The maximum Gasteiger partial charge on any atom is 0.404 e. The molecule has 0 bridgehead atoms. The average molecular weight is 279 g/mol. The van der Waals surface area contributed by atoms with Crippen LogP contribution in [0.4, 0.5) is 4.79 Å². The van der Waals surface area contributed by atoms with E-state index in [1.165, 1.54) is 18.3 Å². The number of hydrogen-bond acceptors (Lipinski definition) is 5. The van der Waals surface area contributed by atoms with E-state index in [0.29, 0.717) is 5.56 Å². The number of rotatable bonds is 6. The molecule has 0 radical (unpaired) electrons. The average Bonchev–Trinajstić information content (AvgIpc) is 2.41. The predicted molar refractivity (Wildman–Crippen MR) is 68.8 cm³/mol. The summed E-state index contributed by atoms with van der Waals surface area (Å²) in [6.45, 7) is 0.0879. The van der Waals surface area contributed by atoms with Crippen LogP contribution in [0.3, 0.4) is 0 Å². The normalized spacial score (nSPS) is 10.2. The zero-order valence-corrected chi connectivity index (χ0v) is 10.4. The summed E-state index contributed by atoms with van der Waals surface area (Å²) in [5.41, 5.74) is 5.47. The Labute approximate surface area is 114 Å². The fraction of sp³-hybridized carbons (Fsp3) is 0.167. The molecule has 0 fully saturated rings. The maximum atomic E-state index is 11.6. The minimum absolute atomic E-state index is 0.0273. The van der Waals surface area contributed by atoms with Gasteiger partial charge < -0.3 is 20.9 Å². The summed E-state index contributed by atoms with van der Waals surface area (Å²) in [6.07, 6.45) is 2.79. The molecule has 0 aromatic carbocycles. The van der Waals surface area contributed by atoms with Crippen molar-refractivity contribution in [3.63, 3.8) is 0 Å². The van der Waals surface area contributed by atoms with Crippen molar-refractivity contribution in [2.45, 2.75) is 0 Å². The number of carboxylic acids is 1. The largest absolute Gasteiger partial charge is 0.478 e. The van der Waals surface area contributed by atoms with Crippen molar-refractivity contribution >= 4 is 24.0 Å². The van der Waals surface area contributed by atoms with Crippen LogP contribution in [-0.2, 0) is 9.53 Å². The number of nitrogens with zero attached hydrogens (tertiary/aromatic N) is 1. The van der Waals surface area contributed by atoms with Gasteiger partial charge in [0.25, 0.3) is 5.91 Å². The Balaban J connectivity index is 2.49. The monoisotopic (exact) mass is 279 g/mol. The highest BCUT2D eigenvalue weighted by atomic mass is 16.5. The third kappa shape index (κ3) is 5.63. The molecule has 0 aliphatic heterocycles. The number of primary amides is 1. The van der Waals surface area contributed by atoms with Crippen molar-refractivity contribution in [2.24, 2.45) is 5.73 Å². The Morgan fingerprint density at radius 1 is 1.40 bits per heavy atom. The quantitative estimate of drug-likeness (QED) is 0.496. The predicted octanol–water partition coefficient (Wildman–Crippen LogP) is 0.00450. The number of carboxylic acid groups (broad SMARTS) is 1. The molecule has 0 atom stereocenters. The van der Waals surface area contributed by atoms with Crippen molar-refractivity contribution in [1.29, 1.82) is 0 Å². The van der Waals surface area contributed by atoms with E-state index >= 15 is 0 Å². The summed E-state index contributed by atoms with van der Waals surface area (Å²) in [6, 6.07) is 3.01. The van der Waals surface area contributed by atoms with Gasteiger partial charge in [0.15, 0.2) is 0 Å². The third-order valence-corrected chi connectivity index (χ3v) is 2.07. The highest BCUT2D eigenvalue weighted by Crippen LogP contribution is 2.02. The maximum absolute atomic E-state index is 11.6. The molecule has 20 heavy (non-hydrogen) atoms. The highest BCUT2D eigenvalue weighted by Gasteiger charge is 2.06. The number of nitrogens with one attached hydrogen (secondary N) is 1. The van der Waals surface area contributed by atoms with Crippen LogP contribution in [0.15, 0.2) is 24.4 Å². The lowest BCUT2D eigenvalue weighted by molar-refractivity contribution is -0.131. The van der Waals surface area contributed by atoms with Crippen molar-refractivity contribution in [3.8, 4) is 0 Å². The van der Waals surface area contributed by atoms with E-state index in [4.69, 9.17) is 10.8 Å². The molecule has 1 rings (SSSR count). The van der Waals surface area contributed by atoms with E-state index < -0.39 is 18.0 Å². The summed E-state index contributed by atoms with van der Waals surface area (Å²) < 4.78 is 4.44. The second kappa shape index (κ2) is 7.52. The number of nitrogens with two attached hydrogens (primary N) is 1. The smallest absolute Gasteiger partial charge is 0.404 e. The molecule has 1 aromatic heterocycles. The molecule has 1 heterocycles. The van der Waals surface area contributed by atoms with Crippen LogP contribution in [-0.4, -0.2) is 41.2 Å². The highest BCUT2D eigenvalue weighted by molar-refractivity contribution is 5.92. The van der Waals surface area contributed by atoms with Gasteiger partial charge in [0.05, 0.1) is 6.54 Å². The molecule has 8 nitrogen and oxygen atoms in total. The molecule has 8 heteroatoms. The molecule has 2 amide bonds. The van der Waals surface area contributed by atoms with E-state index in [9.17, 15) is 14.4 Å². The van der Waals surface area contributed by atoms with E-state index in [1.807, 2.05) is 0 Å². The van der Waals surface area contributed by atoms with Gasteiger partial charge in [0.2, 0.25) is 0 Å². The fourth-order valence-corrected chi connectivity index (χ4v) is 1.21. The number of carbonyl (C=O) groups excluding carboxylic acids is 2. The van der Waals surface area contributed by atoms with E-state index in [1.54, 1.807) is 6.07 Å². The van der Waals surface area contributed by atoms with Crippen LogP contribution in [0, 0.1) is 0 Å². The third-order valence-electron chi connectivity index (χ3n) is 2.07. The molecule has 1 aromatic rings. The van der Waals surface area contributed by atoms with Gasteiger partial charge in [-0.25, -0.2) is 9.59 Å². The first-order chi connectivity index (χ1) is 9.49. The van der Waals surface area contributed by atoms with Gasteiger partial charge in [-0.15, -0.1) is 0 Å². The molecule has 0 unspecified atom stereocenters. The van der Waals surface area contributed by atoms with Gasteiger partial charge >= 0.3 is 12.1 Å². The zero-order chi connectivity index (χ0) is 15.0. The molecular formula is C12H13N3O5. The van der Waals surface area contributed by atoms with Crippen molar-refractivity contribution in [2.75, 3.05) is 13.2 Å². The molecule has 0 saturated heterocycles. The first kappa shape index (κ1) is 15.2. The number of aliphatic carboxylic acids is 1. The van der Waals surface area contributed by atoms with Crippen molar-refractivity contribution in [1.82, 2.24) is 10.3 Å². The summed E-state index contributed by atoms with van der Waals surface area (Å²) in [7, 11) is 0. The van der Waals surface area contributed by atoms with Gasteiger partial charge in [-0.2, -0.15) is 0 Å². The first-order valence-electron chi connectivity index (χ1n) is 5.56. The van der Waals surface area contributed by atoms with Crippen LogP contribution >= 0.6 is 0 Å². The molecular weight excluding hydrogens is 266 g/mol. The van der Waals surface area contributed by atoms with Crippen molar-refractivity contribution in [3.05, 3.63) is 35.7 Å². The summed E-state index contributed by atoms with van der Waals surface area (Å²) in [5, 5.41) is 10.9. The van der Waals surface area contributed by atoms with Gasteiger partial charge in [0, 0.05) is 12.3 Å². The van der Waals surface area contributed by atoms with Gasteiger partial charge in [0.1, 0.15) is 12.3 Å². The number of hydrogen-bond donors (Lipinski definition) is 3. The Bertz CT molecular complexity index is 524. The van der Waals surface area contributed by atoms with Crippen LogP contribution in [0.2, 0.25) is 0 Å². The second-order valence-corrected chi connectivity index (χ2v) is 3.57. The van der Waals surface area contributed by atoms with Crippen LogP contribution in [0.1, 0.15) is 16.1 Å². The van der Waals surface area contributed by atoms with Crippen molar-refractivity contribution < 1.29 is 24.2 Å². The SMILES string of the molecule is NC(=O)OCCNC(=O)c1ccc(/C=C/C(=O)O)cn1. The Morgan fingerprint density at radius 3 is 2.70 bits per heavy atom. The number of pyridine rings is 1. The lowest BCUT2D eigenvalue weighted by Gasteiger charge is -2.04. The molecule has 0 aliphatic rings. The molecule has 0 spiro atoms. The van der Waals surface area contributed by atoms with Crippen LogP contribution < -0.4 is 11.1 Å². The van der Waals surface area contributed by atoms with Gasteiger partial charge in [-0.05, 0) is 17.7 Å². The minimum Gasteiger partial charge on any atom is -0.478 e. The molecule has 0 aliphatic carbocycles. The molecule has 0 saturated carbocycles. The lowest BCUT2D eigenvalue weighted by Crippen LogP contribution is -2.29. The number of carbonyl (C=O) groups is 3. The minimum atomic E-state index is -1.07. The Hall–Kier alpha value is -2.90. The Kier molecular flexibility index (Phi) is 5.70. The van der Waals surface area contributed by atoms with E-state index in [-0.39, 0.29) is 18.8 Å². The van der Waals surface area contributed by atoms with E-state index in [0.717, 1.165) is 6.08 Å². The van der Waals surface area contributed by atoms with Gasteiger partial charge in [-0.3, -0.25) is 9.78 Å². The zero-order valence-electron chi connectivity index (χ0n) is 10.4. The second-order valence-electron chi connectivity index (χ2n) is 3.57. The summed E-state index contributed by atoms with van der Waals surface area (Å²) >= 11 is 0. The number of aromatic nitrogens is 1. The number of ether oxygens (including phenoxy) is 1. The standard InChI is InChI=1S/C12H13N3O5/c13-12(19)20-6-5-14-11(18)9-3-1-8(7-15-9)2-4-10(16)17/h1-4,7H,5-6H2,(H2,13,19)(H,14,18)(H,16,17)/b4-2+. The topological polar surface area (TPSA) is 132 Å². The summed E-state index contributed by atoms with van der Waals surface area (Å²) in [5.74, 6) is -1.51. The van der Waals surface area contributed by atoms with Crippen LogP contribution in [0.5, 0.6) is 0 Å². The fourth-order valence-electron chi connectivity index (χ4n) is 1.21. The first-order valence-corrected chi connectivity index (χ1v) is 5.56. The summed E-state index contributed by atoms with van der Waals surface area (Å²) in [4.78, 5) is 36.1. The molecule has 4 N–H and O–H groups in total.